The highest BCUT2D eigenvalue weighted by Gasteiger charge is 2.22. The van der Waals surface area contributed by atoms with Gasteiger partial charge >= 0.3 is 0 Å². The molecule has 1 saturated carbocycles. The van der Waals surface area contributed by atoms with Crippen molar-refractivity contribution >= 4 is 11.7 Å². The third-order valence-electron chi connectivity index (χ3n) is 3.63. The van der Waals surface area contributed by atoms with Crippen LogP contribution < -0.4 is 11.1 Å². The van der Waals surface area contributed by atoms with E-state index in [1.165, 1.54) is 38.3 Å². The van der Waals surface area contributed by atoms with Crippen molar-refractivity contribution in [1.82, 2.24) is 15.5 Å². The maximum absolute atomic E-state index is 11.9. The fraction of sp³-hybridized carbons (Fsp3) is 0.667. The minimum atomic E-state index is -0.130. The van der Waals surface area contributed by atoms with Crippen LogP contribution in [0.4, 0.5) is 5.82 Å². The Morgan fingerprint density at radius 2 is 2.24 bits per heavy atom. The fourth-order valence-corrected chi connectivity index (χ4v) is 2.51. The molecule has 1 aromatic heterocycles. The second-order valence-corrected chi connectivity index (χ2v) is 4.86. The van der Waals surface area contributed by atoms with Gasteiger partial charge in [-0.15, -0.1) is 0 Å². The molecular formula is C12H20N4O. The van der Waals surface area contributed by atoms with Crippen LogP contribution in [-0.4, -0.2) is 22.1 Å². The number of carbonyl (C=O) groups is 1. The molecule has 1 fully saturated rings. The molecule has 94 valence electrons. The summed E-state index contributed by atoms with van der Waals surface area (Å²) in [6, 6.07) is 0.206. The molecule has 1 aromatic rings. The number of aromatic amines is 1. The van der Waals surface area contributed by atoms with Crippen molar-refractivity contribution in [1.29, 1.82) is 0 Å². The summed E-state index contributed by atoms with van der Waals surface area (Å²) in [6.07, 6.45) is 7.77. The number of hydrogen-bond acceptors (Lipinski definition) is 3. The zero-order chi connectivity index (χ0) is 12.3. The Morgan fingerprint density at radius 3 is 2.82 bits per heavy atom. The first-order valence-corrected chi connectivity index (χ1v) is 6.28. The van der Waals surface area contributed by atoms with Crippen molar-refractivity contribution in [2.75, 3.05) is 5.73 Å². The normalized spacial score (nSPS) is 18.9. The number of amides is 1. The minimum absolute atomic E-state index is 0.130. The molecule has 0 aliphatic heterocycles. The van der Waals surface area contributed by atoms with Crippen molar-refractivity contribution in [2.24, 2.45) is 5.92 Å². The summed E-state index contributed by atoms with van der Waals surface area (Å²) in [7, 11) is 0. The molecule has 1 aliphatic rings. The van der Waals surface area contributed by atoms with Gasteiger partial charge in [0.05, 0.1) is 6.20 Å². The second kappa shape index (κ2) is 5.21. The quantitative estimate of drug-likeness (QED) is 0.746. The van der Waals surface area contributed by atoms with Crippen molar-refractivity contribution in [3.05, 3.63) is 11.8 Å². The van der Waals surface area contributed by atoms with E-state index in [9.17, 15) is 4.79 Å². The van der Waals surface area contributed by atoms with Crippen LogP contribution >= 0.6 is 0 Å². The van der Waals surface area contributed by atoms with Crippen LogP contribution in [0.2, 0.25) is 0 Å². The van der Waals surface area contributed by atoms with Gasteiger partial charge in [-0.3, -0.25) is 9.89 Å². The summed E-state index contributed by atoms with van der Waals surface area (Å²) < 4.78 is 0. The first-order valence-electron chi connectivity index (χ1n) is 6.28. The second-order valence-electron chi connectivity index (χ2n) is 4.86. The molecule has 2 rings (SSSR count). The van der Waals surface area contributed by atoms with Crippen molar-refractivity contribution < 1.29 is 4.79 Å². The number of hydrogen-bond donors (Lipinski definition) is 3. The summed E-state index contributed by atoms with van der Waals surface area (Å²) in [6.45, 7) is 2.07. The van der Waals surface area contributed by atoms with E-state index in [4.69, 9.17) is 5.73 Å². The lowest BCUT2D eigenvalue weighted by Gasteiger charge is -2.28. The molecule has 5 nitrogen and oxygen atoms in total. The topological polar surface area (TPSA) is 83.8 Å². The van der Waals surface area contributed by atoms with Crippen LogP contribution in [0.25, 0.3) is 0 Å². The van der Waals surface area contributed by atoms with Crippen LogP contribution in [0.1, 0.15) is 49.4 Å². The van der Waals surface area contributed by atoms with Gasteiger partial charge in [0, 0.05) is 6.04 Å². The van der Waals surface area contributed by atoms with Crippen molar-refractivity contribution in [2.45, 2.75) is 45.1 Å². The Labute approximate surface area is 101 Å². The van der Waals surface area contributed by atoms with E-state index >= 15 is 0 Å². The zero-order valence-electron chi connectivity index (χ0n) is 10.2. The average molecular weight is 236 g/mol. The van der Waals surface area contributed by atoms with Gasteiger partial charge in [0.25, 0.3) is 5.91 Å². The van der Waals surface area contributed by atoms with Gasteiger partial charge in [0.1, 0.15) is 11.4 Å². The number of anilines is 1. The minimum Gasteiger partial charge on any atom is -0.383 e. The van der Waals surface area contributed by atoms with Crippen LogP contribution in [0.15, 0.2) is 6.20 Å². The monoisotopic (exact) mass is 236 g/mol. The molecule has 0 aromatic carbocycles. The van der Waals surface area contributed by atoms with E-state index in [-0.39, 0.29) is 11.9 Å². The van der Waals surface area contributed by atoms with E-state index in [0.717, 1.165) is 0 Å². The molecule has 0 saturated heterocycles. The lowest BCUT2D eigenvalue weighted by atomic mass is 9.84. The summed E-state index contributed by atoms with van der Waals surface area (Å²) in [4.78, 5) is 11.9. The smallest absolute Gasteiger partial charge is 0.256 e. The number of carbonyl (C=O) groups excluding carboxylic acids is 1. The van der Waals surface area contributed by atoms with Crippen LogP contribution in [0.5, 0.6) is 0 Å². The molecule has 1 aliphatic carbocycles. The van der Waals surface area contributed by atoms with Gasteiger partial charge in [-0.1, -0.05) is 19.3 Å². The molecule has 1 atom stereocenters. The highest BCUT2D eigenvalue weighted by molar-refractivity contribution is 5.98. The predicted molar refractivity (Wildman–Crippen MR) is 66.5 cm³/mol. The van der Waals surface area contributed by atoms with E-state index in [1.807, 2.05) is 0 Å². The highest BCUT2D eigenvalue weighted by Crippen LogP contribution is 2.26. The number of rotatable bonds is 3. The van der Waals surface area contributed by atoms with Gasteiger partial charge in [-0.25, -0.2) is 0 Å². The Morgan fingerprint density at radius 1 is 1.53 bits per heavy atom. The van der Waals surface area contributed by atoms with E-state index < -0.39 is 0 Å². The van der Waals surface area contributed by atoms with Gasteiger partial charge in [0.15, 0.2) is 0 Å². The lowest BCUT2D eigenvalue weighted by Crippen LogP contribution is -2.39. The van der Waals surface area contributed by atoms with Crippen molar-refractivity contribution in [3.63, 3.8) is 0 Å². The number of aromatic nitrogens is 2. The summed E-state index contributed by atoms with van der Waals surface area (Å²) in [5, 5.41) is 9.33. The maximum Gasteiger partial charge on any atom is 0.256 e. The molecule has 17 heavy (non-hydrogen) atoms. The zero-order valence-corrected chi connectivity index (χ0v) is 10.2. The Hall–Kier alpha value is -1.52. The Kier molecular flexibility index (Phi) is 3.66. The molecule has 5 heteroatoms. The summed E-state index contributed by atoms with van der Waals surface area (Å²) in [5.41, 5.74) is 6.05. The molecule has 1 unspecified atom stereocenters. The molecule has 4 N–H and O–H groups in total. The van der Waals surface area contributed by atoms with E-state index in [1.54, 1.807) is 0 Å². The van der Waals surface area contributed by atoms with Crippen LogP contribution in [0, 0.1) is 5.92 Å². The lowest BCUT2D eigenvalue weighted by molar-refractivity contribution is 0.0920. The Balaban J connectivity index is 1.92. The van der Waals surface area contributed by atoms with Gasteiger partial charge in [-0.05, 0) is 25.7 Å². The number of nitrogens with one attached hydrogen (secondary N) is 2. The highest BCUT2D eigenvalue weighted by atomic mass is 16.1. The number of H-pyrrole nitrogens is 1. The fourth-order valence-electron chi connectivity index (χ4n) is 2.51. The van der Waals surface area contributed by atoms with Crippen LogP contribution in [0.3, 0.4) is 0 Å². The maximum atomic E-state index is 11.9. The van der Waals surface area contributed by atoms with Gasteiger partial charge in [-0.2, -0.15) is 5.10 Å². The average Bonchev–Trinajstić information content (AvgIpc) is 2.76. The molecule has 0 bridgehead atoms. The number of nitrogens with zero attached hydrogens (tertiary/aromatic N) is 1. The summed E-state index contributed by atoms with van der Waals surface area (Å²) in [5.74, 6) is 0.800. The molecule has 1 amide bonds. The largest absolute Gasteiger partial charge is 0.383 e. The predicted octanol–water partition coefficient (Wildman–Crippen LogP) is 1.69. The number of nitrogen functional groups attached to an aromatic ring is 1. The first kappa shape index (κ1) is 12.0. The van der Waals surface area contributed by atoms with E-state index in [2.05, 4.69) is 22.4 Å². The standard InChI is InChI=1S/C12H20N4O/c1-8(9-5-3-2-4-6-9)15-12(17)10-7-14-16-11(10)13/h7-9H,2-6H2,1H3,(H,15,17)(H3,13,14,16). The molecule has 1 heterocycles. The van der Waals surface area contributed by atoms with E-state index in [0.29, 0.717) is 17.3 Å². The molecular weight excluding hydrogens is 216 g/mol. The number of nitrogens with two attached hydrogens (primary N) is 1. The SMILES string of the molecule is CC(NC(=O)c1cn[nH]c1N)C1CCCCC1. The molecule has 0 spiro atoms. The van der Waals surface area contributed by atoms with Crippen molar-refractivity contribution in [3.8, 4) is 0 Å². The summed E-state index contributed by atoms with van der Waals surface area (Å²) >= 11 is 0. The first-order chi connectivity index (χ1) is 8.18. The van der Waals surface area contributed by atoms with Gasteiger partial charge in [0.2, 0.25) is 0 Å². The van der Waals surface area contributed by atoms with Crippen LogP contribution in [-0.2, 0) is 0 Å². The van der Waals surface area contributed by atoms with Gasteiger partial charge < -0.3 is 11.1 Å². The third kappa shape index (κ3) is 2.78. The molecule has 0 radical (unpaired) electrons. The Bertz CT molecular complexity index is 382. The third-order valence-corrected chi connectivity index (χ3v) is 3.63.